The average molecular weight is 489 g/mol. The van der Waals surface area contributed by atoms with Crippen molar-refractivity contribution in [3.8, 4) is 28.7 Å². The summed E-state index contributed by atoms with van der Waals surface area (Å²) in [5.74, 6) is 1.81. The molecule has 2 aromatic carbocycles. The Morgan fingerprint density at radius 2 is 1.85 bits per heavy atom. The first-order valence-electron chi connectivity index (χ1n) is 10.6. The minimum Gasteiger partial charge on any atom is -0.493 e. The van der Waals surface area contributed by atoms with Crippen LogP contribution < -0.4 is 23.7 Å². The molecule has 9 nitrogen and oxygen atoms in total. The number of carbonyl (C=O) groups is 1. The Hall–Kier alpha value is -3.24. The van der Waals surface area contributed by atoms with Crippen molar-refractivity contribution in [3.63, 3.8) is 0 Å². The second-order valence-electron chi connectivity index (χ2n) is 8.62. The molecule has 5 rings (SSSR count). The van der Waals surface area contributed by atoms with Crippen molar-refractivity contribution in [3.05, 3.63) is 47.0 Å². The van der Waals surface area contributed by atoms with E-state index in [-0.39, 0.29) is 19.0 Å². The number of Topliss-reactive ketones (excluding diaryl/α,β-unsaturated/α-hetero) is 1. The molecule has 34 heavy (non-hydrogen) atoms. The number of ketones is 1. The maximum absolute atomic E-state index is 13.6. The topological polar surface area (TPSA) is 107 Å². The highest BCUT2D eigenvalue weighted by atomic mass is 32.2. The molecule has 0 saturated heterocycles. The van der Waals surface area contributed by atoms with Gasteiger partial charge in [0.2, 0.25) is 0 Å². The molecule has 1 unspecified atom stereocenters. The molecular weight excluding hydrogens is 464 g/mol. The summed E-state index contributed by atoms with van der Waals surface area (Å²) in [6.07, 6.45) is 3.92. The molecule has 0 aliphatic carbocycles. The molecule has 3 aliphatic rings. The van der Waals surface area contributed by atoms with E-state index in [9.17, 15) is 13.2 Å². The van der Waals surface area contributed by atoms with Gasteiger partial charge < -0.3 is 23.7 Å². The molecular formula is C24H24O9S. The number of rotatable bonds is 5. The quantitative estimate of drug-likeness (QED) is 0.587. The number of ether oxygens (including phenoxy) is 5. The Bertz CT molecular complexity index is 1310. The lowest BCUT2D eigenvalue weighted by atomic mass is 9.81. The molecule has 0 bridgehead atoms. The number of benzene rings is 2. The zero-order valence-corrected chi connectivity index (χ0v) is 19.9. The van der Waals surface area contributed by atoms with Crippen LogP contribution in [-0.4, -0.2) is 59.6 Å². The minimum absolute atomic E-state index is 0.0898. The van der Waals surface area contributed by atoms with Crippen molar-refractivity contribution in [1.29, 1.82) is 0 Å². The average Bonchev–Trinajstić information content (AvgIpc) is 2.81. The third-order valence-corrected chi connectivity index (χ3v) is 6.65. The summed E-state index contributed by atoms with van der Waals surface area (Å²) in [5, 5.41) is 0. The summed E-state index contributed by atoms with van der Waals surface area (Å²) >= 11 is 0. The van der Waals surface area contributed by atoms with Gasteiger partial charge in [0.25, 0.3) is 10.1 Å². The van der Waals surface area contributed by atoms with Crippen molar-refractivity contribution in [2.45, 2.75) is 24.5 Å². The zero-order valence-electron chi connectivity index (χ0n) is 19.1. The van der Waals surface area contributed by atoms with Crippen molar-refractivity contribution in [2.75, 3.05) is 33.7 Å². The van der Waals surface area contributed by atoms with Gasteiger partial charge in [-0.05, 0) is 37.3 Å². The molecule has 3 heterocycles. The number of hydrogen-bond acceptors (Lipinski definition) is 9. The number of fused-ring (bicyclic) bond motifs is 6. The van der Waals surface area contributed by atoms with E-state index in [1.165, 1.54) is 14.2 Å². The van der Waals surface area contributed by atoms with Crippen LogP contribution in [0.2, 0.25) is 0 Å². The van der Waals surface area contributed by atoms with E-state index in [0.717, 1.165) is 6.26 Å². The highest BCUT2D eigenvalue weighted by molar-refractivity contribution is 7.85. The lowest BCUT2D eigenvalue weighted by Crippen LogP contribution is -2.43. The van der Waals surface area contributed by atoms with Crippen LogP contribution in [0, 0.1) is 0 Å². The fraction of sp³-hybridized carbons (Fsp3) is 0.375. The molecule has 10 heteroatoms. The van der Waals surface area contributed by atoms with Crippen LogP contribution in [0.15, 0.2) is 30.3 Å². The van der Waals surface area contributed by atoms with E-state index < -0.39 is 27.7 Å². The molecule has 0 fully saturated rings. The molecule has 2 aromatic rings. The van der Waals surface area contributed by atoms with E-state index in [1.807, 2.05) is 0 Å². The summed E-state index contributed by atoms with van der Waals surface area (Å²) in [6.45, 7) is 1.72. The third kappa shape index (κ3) is 3.76. The van der Waals surface area contributed by atoms with E-state index in [4.69, 9.17) is 27.9 Å². The Labute approximate surface area is 197 Å². The molecule has 0 aromatic heterocycles. The van der Waals surface area contributed by atoms with Crippen LogP contribution in [0.5, 0.6) is 28.7 Å². The number of methoxy groups -OCH3 is 2. The normalized spacial score (nSPS) is 24.4. The van der Waals surface area contributed by atoms with Crippen LogP contribution in [0.4, 0.5) is 0 Å². The van der Waals surface area contributed by atoms with Gasteiger partial charge in [0.15, 0.2) is 17.3 Å². The lowest BCUT2D eigenvalue weighted by Gasteiger charge is -2.39. The van der Waals surface area contributed by atoms with Crippen LogP contribution in [0.25, 0.3) is 6.08 Å². The fourth-order valence-corrected chi connectivity index (χ4v) is 4.89. The highest BCUT2D eigenvalue weighted by Crippen LogP contribution is 2.49. The fourth-order valence-electron chi connectivity index (χ4n) is 4.44. The lowest BCUT2D eigenvalue weighted by molar-refractivity contribution is 0.0541. The SMILES string of the molecule is COc1cc2c(cc1OC)[C@@H]1C(=O)c3ccc4c(c3O[C@@H]1CO2)C=CC(C)(COS(C)(=O)=O)O4. The van der Waals surface area contributed by atoms with Gasteiger partial charge in [-0.25, -0.2) is 0 Å². The Morgan fingerprint density at radius 3 is 2.56 bits per heavy atom. The molecule has 3 aliphatic heterocycles. The maximum Gasteiger partial charge on any atom is 0.264 e. The summed E-state index contributed by atoms with van der Waals surface area (Å²) in [4.78, 5) is 13.6. The van der Waals surface area contributed by atoms with Crippen LogP contribution in [0.3, 0.4) is 0 Å². The van der Waals surface area contributed by atoms with Gasteiger partial charge in [0.1, 0.15) is 42.2 Å². The second kappa shape index (κ2) is 7.92. The monoisotopic (exact) mass is 488 g/mol. The van der Waals surface area contributed by atoms with E-state index >= 15 is 0 Å². The first-order valence-corrected chi connectivity index (χ1v) is 12.4. The first-order chi connectivity index (χ1) is 16.1. The van der Waals surface area contributed by atoms with Crippen LogP contribution in [-0.2, 0) is 14.3 Å². The van der Waals surface area contributed by atoms with Gasteiger partial charge in [-0.15, -0.1) is 0 Å². The van der Waals surface area contributed by atoms with Crippen molar-refractivity contribution >= 4 is 22.0 Å². The Kier molecular flexibility index (Phi) is 5.25. The van der Waals surface area contributed by atoms with E-state index in [2.05, 4.69) is 0 Å². The largest absolute Gasteiger partial charge is 0.493 e. The van der Waals surface area contributed by atoms with Crippen molar-refractivity contribution in [2.24, 2.45) is 0 Å². The van der Waals surface area contributed by atoms with Gasteiger partial charge >= 0.3 is 0 Å². The van der Waals surface area contributed by atoms with Gasteiger partial charge in [0, 0.05) is 11.6 Å². The standard InChI is InChI=1S/C24H24O9S/c1-24(12-31-34(4,26)27)8-7-13-16(33-24)6-5-14-22(25)21-15-9-18(28-2)19(29-3)10-17(15)30-11-20(21)32-23(13)14/h5-10,20-21H,11-12H2,1-4H3/t20-,21+,24?/m1/s1. The summed E-state index contributed by atoms with van der Waals surface area (Å²) in [6, 6.07) is 6.83. The van der Waals surface area contributed by atoms with Crippen molar-refractivity contribution < 1.29 is 41.1 Å². The zero-order chi connectivity index (χ0) is 24.3. The molecule has 0 amide bonds. The Morgan fingerprint density at radius 1 is 1.12 bits per heavy atom. The third-order valence-electron chi connectivity index (χ3n) is 6.10. The van der Waals surface area contributed by atoms with Crippen LogP contribution >= 0.6 is 0 Å². The maximum atomic E-state index is 13.6. The van der Waals surface area contributed by atoms with Crippen molar-refractivity contribution in [1.82, 2.24) is 0 Å². The molecule has 0 radical (unpaired) electrons. The van der Waals surface area contributed by atoms with Gasteiger partial charge in [-0.1, -0.05) is 0 Å². The van der Waals surface area contributed by atoms with Gasteiger partial charge in [-0.3, -0.25) is 8.98 Å². The van der Waals surface area contributed by atoms with Gasteiger partial charge in [-0.2, -0.15) is 8.42 Å². The predicted octanol–water partition coefficient (Wildman–Crippen LogP) is 2.96. The van der Waals surface area contributed by atoms with Crippen LogP contribution in [0.1, 0.15) is 34.3 Å². The number of carbonyl (C=O) groups excluding carboxylic acids is 1. The van der Waals surface area contributed by atoms with E-state index in [0.29, 0.717) is 45.4 Å². The minimum atomic E-state index is -3.62. The Balaban J connectivity index is 1.50. The summed E-state index contributed by atoms with van der Waals surface area (Å²) in [7, 11) is -0.547. The molecule has 0 spiro atoms. The predicted molar refractivity (Wildman–Crippen MR) is 122 cm³/mol. The summed E-state index contributed by atoms with van der Waals surface area (Å²) < 4.78 is 56.7. The molecule has 3 atom stereocenters. The highest BCUT2D eigenvalue weighted by Gasteiger charge is 2.45. The smallest absolute Gasteiger partial charge is 0.264 e. The second-order valence-corrected chi connectivity index (χ2v) is 10.3. The van der Waals surface area contributed by atoms with E-state index in [1.54, 1.807) is 43.3 Å². The first kappa shape index (κ1) is 22.5. The number of hydrogen-bond donors (Lipinski definition) is 0. The summed E-state index contributed by atoms with van der Waals surface area (Å²) in [5.41, 5.74) is 0.735. The van der Waals surface area contributed by atoms with Gasteiger partial charge in [0.05, 0.1) is 37.5 Å². The molecule has 0 saturated carbocycles. The molecule has 0 N–H and O–H groups in total. The molecule has 180 valence electrons.